The molecule has 1 aliphatic rings. The first-order valence-electron chi connectivity index (χ1n) is 11.8. The zero-order valence-electron chi connectivity index (χ0n) is 19.5. The van der Waals surface area contributed by atoms with Crippen molar-refractivity contribution in [2.75, 3.05) is 24.6 Å². The number of aromatic nitrogens is 2. The van der Waals surface area contributed by atoms with Crippen molar-refractivity contribution in [2.24, 2.45) is 5.92 Å². The molecule has 1 N–H and O–H groups in total. The number of hydrogen-bond acceptors (Lipinski definition) is 5. The summed E-state index contributed by atoms with van der Waals surface area (Å²) >= 11 is 0. The Balaban J connectivity index is 1.25. The van der Waals surface area contributed by atoms with E-state index in [4.69, 9.17) is 4.74 Å². The van der Waals surface area contributed by atoms with Crippen LogP contribution in [0.2, 0.25) is 0 Å². The Morgan fingerprint density at radius 3 is 2.52 bits per heavy atom. The molecule has 3 aromatic rings. The highest BCUT2D eigenvalue weighted by Gasteiger charge is 2.25. The van der Waals surface area contributed by atoms with Gasteiger partial charge in [0, 0.05) is 31.1 Å². The fraction of sp³-hybridized carbons (Fsp3) is 0.370. The zero-order valence-corrected chi connectivity index (χ0v) is 19.5. The van der Waals surface area contributed by atoms with E-state index in [9.17, 15) is 4.79 Å². The summed E-state index contributed by atoms with van der Waals surface area (Å²) in [6.45, 7) is 7.03. The number of hydrogen-bond donors (Lipinski definition) is 1. The zero-order chi connectivity index (χ0) is 23.0. The lowest BCUT2D eigenvalue weighted by Crippen LogP contribution is -2.40. The fourth-order valence-electron chi connectivity index (χ4n) is 4.08. The van der Waals surface area contributed by atoms with Crippen molar-refractivity contribution in [3.05, 3.63) is 71.8 Å². The van der Waals surface area contributed by atoms with Crippen LogP contribution in [0.1, 0.15) is 37.3 Å². The summed E-state index contributed by atoms with van der Waals surface area (Å²) < 4.78 is 5.61. The fourth-order valence-corrected chi connectivity index (χ4v) is 4.08. The maximum absolute atomic E-state index is 12.7. The Hall–Kier alpha value is -3.41. The van der Waals surface area contributed by atoms with Crippen LogP contribution in [0.5, 0.6) is 5.75 Å². The Morgan fingerprint density at radius 1 is 1.06 bits per heavy atom. The summed E-state index contributed by atoms with van der Waals surface area (Å²) in [5.41, 5.74) is 4.24. The predicted octanol–water partition coefficient (Wildman–Crippen LogP) is 4.77. The number of rotatable bonds is 8. The van der Waals surface area contributed by atoms with Gasteiger partial charge >= 0.3 is 0 Å². The number of nitrogens with zero attached hydrogens (tertiary/aromatic N) is 3. The number of piperidine rings is 1. The summed E-state index contributed by atoms with van der Waals surface area (Å²) in [6, 6.07) is 20.3. The summed E-state index contributed by atoms with van der Waals surface area (Å²) in [6.07, 6.45) is 2.62. The van der Waals surface area contributed by atoms with Gasteiger partial charge in [0.15, 0.2) is 5.82 Å². The molecule has 0 bridgehead atoms. The second kappa shape index (κ2) is 10.9. The summed E-state index contributed by atoms with van der Waals surface area (Å²) in [5, 5.41) is 12.0. The molecule has 4 rings (SSSR count). The van der Waals surface area contributed by atoms with E-state index < -0.39 is 0 Å². The minimum absolute atomic E-state index is 0.0351. The number of ether oxygens (including phenoxy) is 1. The molecule has 1 amide bonds. The minimum Gasteiger partial charge on any atom is -0.494 e. The van der Waals surface area contributed by atoms with Crippen LogP contribution in [0.3, 0.4) is 0 Å². The molecule has 0 saturated carbocycles. The van der Waals surface area contributed by atoms with Gasteiger partial charge in [-0.25, -0.2) is 0 Å². The van der Waals surface area contributed by atoms with Gasteiger partial charge in [-0.05, 0) is 62.1 Å². The van der Waals surface area contributed by atoms with E-state index in [-0.39, 0.29) is 11.8 Å². The van der Waals surface area contributed by atoms with E-state index in [1.807, 2.05) is 42.5 Å². The highest BCUT2D eigenvalue weighted by Crippen LogP contribution is 2.24. The standard InChI is InChI=1S/C27H32N4O2/c1-3-17-33-24-9-7-21(8-10-24)19-28-27(32)22-13-15-31(16-14-22)26-12-11-25(29-30-26)23-6-4-5-20(2)18-23/h4-12,18,22H,3,13-17,19H2,1-2H3,(H,28,32). The molecule has 0 spiro atoms. The second-order valence-corrected chi connectivity index (χ2v) is 8.62. The van der Waals surface area contributed by atoms with Crippen LogP contribution < -0.4 is 15.0 Å². The second-order valence-electron chi connectivity index (χ2n) is 8.62. The molecule has 0 atom stereocenters. The van der Waals surface area contributed by atoms with Crippen LogP contribution in [0, 0.1) is 12.8 Å². The smallest absolute Gasteiger partial charge is 0.223 e. The normalized spacial score (nSPS) is 14.2. The van der Waals surface area contributed by atoms with Gasteiger partial charge in [0.05, 0.1) is 12.3 Å². The van der Waals surface area contributed by atoms with Crippen molar-refractivity contribution in [3.8, 4) is 17.0 Å². The molecule has 2 heterocycles. The first-order chi connectivity index (χ1) is 16.1. The van der Waals surface area contributed by atoms with E-state index >= 15 is 0 Å². The molecule has 1 saturated heterocycles. The van der Waals surface area contributed by atoms with E-state index in [1.165, 1.54) is 5.56 Å². The quantitative estimate of drug-likeness (QED) is 0.542. The topological polar surface area (TPSA) is 67.3 Å². The van der Waals surface area contributed by atoms with Crippen molar-refractivity contribution in [2.45, 2.75) is 39.7 Å². The molecule has 172 valence electrons. The monoisotopic (exact) mass is 444 g/mol. The molecule has 0 unspecified atom stereocenters. The molecule has 1 fully saturated rings. The molecule has 0 aliphatic carbocycles. The highest BCUT2D eigenvalue weighted by atomic mass is 16.5. The van der Waals surface area contributed by atoms with Gasteiger partial charge in [0.2, 0.25) is 5.91 Å². The number of aryl methyl sites for hydroxylation is 1. The minimum atomic E-state index is 0.0351. The summed E-state index contributed by atoms with van der Waals surface area (Å²) in [4.78, 5) is 14.9. The van der Waals surface area contributed by atoms with Crippen LogP contribution in [0.15, 0.2) is 60.7 Å². The molecule has 1 aliphatic heterocycles. The Morgan fingerprint density at radius 2 is 1.85 bits per heavy atom. The van der Waals surface area contributed by atoms with E-state index in [0.717, 1.165) is 67.3 Å². The van der Waals surface area contributed by atoms with Crippen LogP contribution >= 0.6 is 0 Å². The number of carbonyl (C=O) groups excluding carboxylic acids is 1. The first-order valence-corrected chi connectivity index (χ1v) is 11.8. The maximum Gasteiger partial charge on any atom is 0.223 e. The van der Waals surface area contributed by atoms with Gasteiger partial charge in [-0.15, -0.1) is 10.2 Å². The van der Waals surface area contributed by atoms with Crippen LogP contribution in [-0.4, -0.2) is 35.8 Å². The predicted molar refractivity (Wildman–Crippen MR) is 131 cm³/mol. The number of carbonyl (C=O) groups is 1. The van der Waals surface area contributed by atoms with Crippen molar-refractivity contribution in [1.29, 1.82) is 0 Å². The van der Waals surface area contributed by atoms with Gasteiger partial charge < -0.3 is 15.0 Å². The lowest BCUT2D eigenvalue weighted by molar-refractivity contribution is -0.125. The third kappa shape index (κ3) is 6.09. The maximum atomic E-state index is 12.7. The van der Waals surface area contributed by atoms with Crippen molar-refractivity contribution in [3.63, 3.8) is 0 Å². The van der Waals surface area contributed by atoms with Crippen molar-refractivity contribution in [1.82, 2.24) is 15.5 Å². The Labute approximate surface area is 196 Å². The average molecular weight is 445 g/mol. The number of anilines is 1. The van der Waals surface area contributed by atoms with Gasteiger partial charge in [-0.2, -0.15) is 0 Å². The SMILES string of the molecule is CCCOc1ccc(CNC(=O)C2CCN(c3ccc(-c4cccc(C)c4)nn3)CC2)cc1. The van der Waals surface area contributed by atoms with Crippen molar-refractivity contribution < 1.29 is 9.53 Å². The first kappa shape index (κ1) is 22.8. The van der Waals surface area contributed by atoms with Crippen LogP contribution in [0.4, 0.5) is 5.82 Å². The highest BCUT2D eigenvalue weighted by molar-refractivity contribution is 5.79. The number of benzene rings is 2. The molecule has 6 heteroatoms. The van der Waals surface area contributed by atoms with Gasteiger partial charge in [0.1, 0.15) is 5.75 Å². The Bertz CT molecular complexity index is 1040. The third-order valence-electron chi connectivity index (χ3n) is 6.02. The van der Waals surface area contributed by atoms with Gasteiger partial charge in [-0.3, -0.25) is 4.79 Å². The van der Waals surface area contributed by atoms with Crippen molar-refractivity contribution >= 4 is 11.7 Å². The molecule has 33 heavy (non-hydrogen) atoms. The largest absolute Gasteiger partial charge is 0.494 e. The third-order valence-corrected chi connectivity index (χ3v) is 6.02. The average Bonchev–Trinajstić information content (AvgIpc) is 2.87. The molecule has 1 aromatic heterocycles. The van der Waals surface area contributed by atoms with E-state index in [0.29, 0.717) is 6.54 Å². The molecular formula is C27H32N4O2. The Kier molecular flexibility index (Phi) is 7.55. The van der Waals surface area contributed by atoms with Gasteiger partial charge in [0.25, 0.3) is 0 Å². The van der Waals surface area contributed by atoms with E-state index in [2.05, 4.69) is 52.5 Å². The van der Waals surface area contributed by atoms with Gasteiger partial charge in [-0.1, -0.05) is 42.8 Å². The molecular weight excluding hydrogens is 412 g/mol. The molecule has 0 radical (unpaired) electrons. The summed E-state index contributed by atoms with van der Waals surface area (Å²) in [5.74, 6) is 1.90. The van der Waals surface area contributed by atoms with E-state index in [1.54, 1.807) is 0 Å². The van der Waals surface area contributed by atoms with Crippen LogP contribution in [-0.2, 0) is 11.3 Å². The number of nitrogens with one attached hydrogen (secondary N) is 1. The molecule has 6 nitrogen and oxygen atoms in total. The van der Waals surface area contributed by atoms with Crippen LogP contribution in [0.25, 0.3) is 11.3 Å². The number of amides is 1. The lowest BCUT2D eigenvalue weighted by Gasteiger charge is -2.31. The molecule has 2 aromatic carbocycles. The summed E-state index contributed by atoms with van der Waals surface area (Å²) in [7, 11) is 0. The lowest BCUT2D eigenvalue weighted by atomic mass is 9.96.